The summed E-state index contributed by atoms with van der Waals surface area (Å²) in [5.74, 6) is 0.715. The molecule has 0 aliphatic heterocycles. The van der Waals surface area contributed by atoms with E-state index in [9.17, 15) is 9.59 Å². The van der Waals surface area contributed by atoms with Crippen LogP contribution >= 0.6 is 23.4 Å². The Morgan fingerprint density at radius 3 is 2.68 bits per heavy atom. The highest BCUT2D eigenvalue weighted by Crippen LogP contribution is 2.16. The summed E-state index contributed by atoms with van der Waals surface area (Å²) in [7, 11) is 1.33. The zero-order valence-electron chi connectivity index (χ0n) is 13.1. The highest BCUT2D eigenvalue weighted by molar-refractivity contribution is 7.99. The minimum Gasteiger partial charge on any atom is -0.467 e. The maximum absolute atomic E-state index is 11.9. The minimum absolute atomic E-state index is 0.164. The van der Waals surface area contributed by atoms with Crippen molar-refractivity contribution in [2.24, 2.45) is 5.92 Å². The number of nitrogens with one attached hydrogen (secondary N) is 1. The number of carbonyl (C=O) groups is 2. The molecule has 0 saturated carbocycles. The molecule has 1 atom stereocenters. The third-order valence-corrected chi connectivity index (χ3v) is 4.16. The number of rotatable bonds is 8. The molecule has 0 unspecified atom stereocenters. The highest BCUT2D eigenvalue weighted by Gasteiger charge is 2.22. The summed E-state index contributed by atoms with van der Waals surface area (Å²) >= 11 is 7.39. The predicted molar refractivity (Wildman–Crippen MR) is 91.0 cm³/mol. The van der Waals surface area contributed by atoms with Crippen LogP contribution in [-0.2, 0) is 20.1 Å². The van der Waals surface area contributed by atoms with Crippen molar-refractivity contribution in [2.45, 2.75) is 32.1 Å². The Balaban J connectivity index is 2.41. The van der Waals surface area contributed by atoms with Gasteiger partial charge in [0.2, 0.25) is 5.91 Å². The van der Waals surface area contributed by atoms with Crippen LogP contribution in [0.3, 0.4) is 0 Å². The third kappa shape index (κ3) is 7.18. The highest BCUT2D eigenvalue weighted by atomic mass is 35.5. The van der Waals surface area contributed by atoms with E-state index >= 15 is 0 Å². The molecule has 0 spiro atoms. The van der Waals surface area contributed by atoms with Gasteiger partial charge in [-0.05, 0) is 30.0 Å². The lowest BCUT2D eigenvalue weighted by atomic mass is 10.0. The van der Waals surface area contributed by atoms with E-state index in [1.54, 1.807) is 0 Å². The Bertz CT molecular complexity index is 508. The molecule has 0 radical (unpaired) electrons. The third-order valence-electron chi connectivity index (χ3n) is 2.92. The molecule has 0 aromatic heterocycles. The van der Waals surface area contributed by atoms with E-state index in [4.69, 9.17) is 16.3 Å². The average Bonchev–Trinajstić information content (AvgIpc) is 2.45. The van der Waals surface area contributed by atoms with Crippen molar-refractivity contribution in [1.29, 1.82) is 0 Å². The van der Waals surface area contributed by atoms with E-state index < -0.39 is 12.0 Å². The van der Waals surface area contributed by atoms with Crippen molar-refractivity contribution in [1.82, 2.24) is 5.32 Å². The quantitative estimate of drug-likeness (QED) is 0.736. The lowest BCUT2D eigenvalue weighted by Gasteiger charge is -2.18. The molecule has 6 heteroatoms. The SMILES string of the molecule is COC(=O)[C@H](CC(C)C)NC(=O)CSCc1cccc(Cl)c1. The van der Waals surface area contributed by atoms with Crippen molar-refractivity contribution in [3.8, 4) is 0 Å². The number of ether oxygens (including phenoxy) is 1. The summed E-state index contributed by atoms with van der Waals surface area (Å²) in [6, 6.07) is 6.96. The van der Waals surface area contributed by atoms with Crippen LogP contribution in [-0.4, -0.2) is 30.8 Å². The van der Waals surface area contributed by atoms with Gasteiger partial charge in [0.05, 0.1) is 12.9 Å². The van der Waals surface area contributed by atoms with Gasteiger partial charge in [0.25, 0.3) is 0 Å². The van der Waals surface area contributed by atoms with Crippen LogP contribution < -0.4 is 5.32 Å². The Kier molecular flexibility index (Phi) is 8.35. The van der Waals surface area contributed by atoms with Gasteiger partial charge in [-0.15, -0.1) is 11.8 Å². The van der Waals surface area contributed by atoms with Gasteiger partial charge in [-0.3, -0.25) is 4.79 Å². The van der Waals surface area contributed by atoms with Crippen LogP contribution in [0.5, 0.6) is 0 Å². The standard InChI is InChI=1S/C16H22ClNO3S/c1-11(2)7-14(16(20)21-3)18-15(19)10-22-9-12-5-4-6-13(17)8-12/h4-6,8,11,14H,7,9-10H2,1-3H3,(H,18,19)/t14-/m0/s1. The Hall–Kier alpha value is -1.20. The van der Waals surface area contributed by atoms with E-state index in [0.29, 0.717) is 23.1 Å². The second kappa shape index (κ2) is 9.74. The van der Waals surface area contributed by atoms with Crippen LogP contribution in [0.15, 0.2) is 24.3 Å². The molecule has 1 aromatic rings. The number of thioether (sulfide) groups is 1. The number of carbonyl (C=O) groups excluding carboxylic acids is 2. The van der Waals surface area contributed by atoms with Crippen LogP contribution in [0.4, 0.5) is 0 Å². The predicted octanol–water partition coefficient (Wildman–Crippen LogP) is 3.28. The zero-order chi connectivity index (χ0) is 16.5. The molecule has 122 valence electrons. The summed E-state index contributed by atoms with van der Waals surface area (Å²) in [6.45, 7) is 3.99. The van der Waals surface area contributed by atoms with Gasteiger partial charge in [0.15, 0.2) is 0 Å². The molecule has 0 fully saturated rings. The molecule has 0 bridgehead atoms. The minimum atomic E-state index is -0.579. The first kappa shape index (κ1) is 18.8. The summed E-state index contributed by atoms with van der Waals surface area (Å²) in [5.41, 5.74) is 1.07. The monoisotopic (exact) mass is 343 g/mol. The molecule has 0 aliphatic rings. The topological polar surface area (TPSA) is 55.4 Å². The second-order valence-electron chi connectivity index (χ2n) is 5.40. The van der Waals surface area contributed by atoms with Crippen LogP contribution in [0.25, 0.3) is 0 Å². The van der Waals surface area contributed by atoms with Crippen molar-refractivity contribution in [2.75, 3.05) is 12.9 Å². The van der Waals surface area contributed by atoms with E-state index in [0.717, 1.165) is 5.56 Å². The van der Waals surface area contributed by atoms with Gasteiger partial charge in [-0.25, -0.2) is 4.79 Å². The zero-order valence-corrected chi connectivity index (χ0v) is 14.7. The van der Waals surface area contributed by atoms with Gasteiger partial charge in [-0.1, -0.05) is 37.6 Å². The van der Waals surface area contributed by atoms with Crippen LogP contribution in [0, 0.1) is 5.92 Å². The Morgan fingerprint density at radius 1 is 1.36 bits per heavy atom. The van der Waals surface area contributed by atoms with Gasteiger partial charge >= 0.3 is 5.97 Å². The fourth-order valence-corrected chi connectivity index (χ4v) is 2.95. The largest absolute Gasteiger partial charge is 0.467 e. The molecule has 4 nitrogen and oxygen atoms in total. The molecule has 1 aromatic carbocycles. The lowest BCUT2D eigenvalue weighted by molar-refractivity contribution is -0.145. The number of esters is 1. The lowest BCUT2D eigenvalue weighted by Crippen LogP contribution is -2.43. The van der Waals surface area contributed by atoms with Crippen LogP contribution in [0.2, 0.25) is 5.02 Å². The maximum Gasteiger partial charge on any atom is 0.328 e. The Morgan fingerprint density at radius 2 is 2.09 bits per heavy atom. The summed E-state index contributed by atoms with van der Waals surface area (Å²) in [6.07, 6.45) is 0.567. The average molecular weight is 344 g/mol. The molecule has 0 aliphatic carbocycles. The van der Waals surface area contributed by atoms with Crippen molar-refractivity contribution in [3.05, 3.63) is 34.9 Å². The maximum atomic E-state index is 11.9. The second-order valence-corrected chi connectivity index (χ2v) is 6.82. The first-order valence-corrected chi connectivity index (χ1v) is 8.65. The van der Waals surface area contributed by atoms with E-state index in [1.165, 1.54) is 18.9 Å². The molecule has 22 heavy (non-hydrogen) atoms. The smallest absolute Gasteiger partial charge is 0.328 e. The number of halogens is 1. The molecule has 1 rings (SSSR count). The summed E-state index contributed by atoms with van der Waals surface area (Å²) < 4.78 is 4.73. The van der Waals surface area contributed by atoms with Crippen molar-refractivity contribution >= 4 is 35.2 Å². The van der Waals surface area contributed by atoms with Gasteiger partial charge in [-0.2, -0.15) is 0 Å². The first-order valence-electron chi connectivity index (χ1n) is 7.11. The molecular formula is C16H22ClNO3S. The molecule has 1 N–H and O–H groups in total. The Labute approximate surface area is 140 Å². The van der Waals surface area contributed by atoms with Gasteiger partial charge in [0.1, 0.15) is 6.04 Å². The van der Waals surface area contributed by atoms with E-state index in [1.807, 2.05) is 38.1 Å². The molecular weight excluding hydrogens is 322 g/mol. The van der Waals surface area contributed by atoms with E-state index in [-0.39, 0.29) is 11.7 Å². The number of benzene rings is 1. The summed E-state index contributed by atoms with van der Waals surface area (Å²) in [4.78, 5) is 23.6. The molecule has 0 heterocycles. The number of amides is 1. The molecule has 0 saturated heterocycles. The number of hydrogen-bond acceptors (Lipinski definition) is 4. The number of hydrogen-bond donors (Lipinski definition) is 1. The van der Waals surface area contributed by atoms with Crippen LogP contribution in [0.1, 0.15) is 25.8 Å². The van der Waals surface area contributed by atoms with Crippen molar-refractivity contribution < 1.29 is 14.3 Å². The fourth-order valence-electron chi connectivity index (χ4n) is 1.95. The van der Waals surface area contributed by atoms with Crippen molar-refractivity contribution in [3.63, 3.8) is 0 Å². The fraction of sp³-hybridized carbons (Fsp3) is 0.500. The number of methoxy groups -OCH3 is 1. The first-order chi connectivity index (χ1) is 10.4. The van der Waals surface area contributed by atoms with E-state index in [2.05, 4.69) is 5.32 Å². The molecule has 1 amide bonds. The normalized spacial score (nSPS) is 12.0. The summed E-state index contributed by atoms with van der Waals surface area (Å²) in [5, 5.41) is 3.42. The van der Waals surface area contributed by atoms with Gasteiger partial charge in [0, 0.05) is 10.8 Å². The van der Waals surface area contributed by atoms with Gasteiger partial charge < -0.3 is 10.1 Å².